The minimum atomic E-state index is -0.393. The third-order valence-corrected chi connectivity index (χ3v) is 2.69. The maximum absolute atomic E-state index is 11.4. The summed E-state index contributed by atoms with van der Waals surface area (Å²) in [6, 6.07) is 8.99. The highest BCUT2D eigenvalue weighted by molar-refractivity contribution is 9.10. The lowest BCUT2D eigenvalue weighted by Gasteiger charge is -2.04. The maximum Gasteiger partial charge on any atom is 0.328 e. The molecule has 0 saturated heterocycles. The van der Waals surface area contributed by atoms with E-state index in [1.165, 1.54) is 16.8 Å². The van der Waals surface area contributed by atoms with Crippen molar-refractivity contribution >= 4 is 15.9 Å². The summed E-state index contributed by atoms with van der Waals surface area (Å²) in [4.78, 5) is 24.5. The average Bonchev–Trinajstić information content (AvgIpc) is 2.25. The number of rotatable bonds is 2. The zero-order chi connectivity index (χ0) is 11.5. The van der Waals surface area contributed by atoms with E-state index in [1.807, 2.05) is 24.3 Å². The average molecular weight is 281 g/mol. The standard InChI is InChI=1S/C11H9BrN2O2/c12-9-3-1-8(2-4-9)7-14-6-5-10(15)13-11(14)16/h1-6H,7H2,(H,13,15,16). The van der Waals surface area contributed by atoms with Gasteiger partial charge in [0.25, 0.3) is 5.56 Å². The molecule has 0 aliphatic carbocycles. The minimum Gasteiger partial charge on any atom is -0.296 e. The Balaban J connectivity index is 2.30. The van der Waals surface area contributed by atoms with Crippen LogP contribution in [-0.2, 0) is 6.54 Å². The van der Waals surface area contributed by atoms with Gasteiger partial charge in [0.15, 0.2) is 0 Å². The second-order valence-electron chi connectivity index (χ2n) is 3.36. The fourth-order valence-corrected chi connectivity index (χ4v) is 1.62. The van der Waals surface area contributed by atoms with Crippen LogP contribution in [0.4, 0.5) is 0 Å². The minimum absolute atomic E-state index is 0.378. The summed E-state index contributed by atoms with van der Waals surface area (Å²) in [5, 5.41) is 0. The Morgan fingerprint density at radius 1 is 1.12 bits per heavy atom. The number of nitrogens with one attached hydrogen (secondary N) is 1. The molecule has 4 nitrogen and oxygen atoms in total. The van der Waals surface area contributed by atoms with Gasteiger partial charge in [-0.1, -0.05) is 28.1 Å². The van der Waals surface area contributed by atoms with Gasteiger partial charge >= 0.3 is 5.69 Å². The van der Waals surface area contributed by atoms with Crippen molar-refractivity contribution in [2.75, 3.05) is 0 Å². The second kappa shape index (κ2) is 4.49. The number of hydrogen-bond donors (Lipinski definition) is 1. The number of aromatic amines is 1. The molecule has 2 rings (SSSR count). The number of benzene rings is 1. The van der Waals surface area contributed by atoms with E-state index >= 15 is 0 Å². The first-order valence-corrected chi connectivity index (χ1v) is 5.49. The zero-order valence-corrected chi connectivity index (χ0v) is 9.90. The Kier molecular flexibility index (Phi) is 3.05. The van der Waals surface area contributed by atoms with Gasteiger partial charge in [0, 0.05) is 16.7 Å². The second-order valence-corrected chi connectivity index (χ2v) is 4.28. The first-order chi connectivity index (χ1) is 7.65. The number of hydrogen-bond acceptors (Lipinski definition) is 2. The van der Waals surface area contributed by atoms with Crippen LogP contribution >= 0.6 is 15.9 Å². The van der Waals surface area contributed by atoms with Crippen LogP contribution in [0.1, 0.15) is 5.56 Å². The Bertz CT molecular complexity index is 598. The lowest BCUT2D eigenvalue weighted by atomic mass is 10.2. The van der Waals surface area contributed by atoms with Crippen molar-refractivity contribution in [2.24, 2.45) is 0 Å². The predicted molar refractivity (Wildman–Crippen MR) is 64.6 cm³/mol. The van der Waals surface area contributed by atoms with Crippen LogP contribution in [0.3, 0.4) is 0 Å². The number of H-pyrrole nitrogens is 1. The van der Waals surface area contributed by atoms with Crippen LogP contribution in [0, 0.1) is 0 Å². The lowest BCUT2D eigenvalue weighted by Crippen LogP contribution is -2.28. The van der Waals surface area contributed by atoms with Crippen molar-refractivity contribution in [3.63, 3.8) is 0 Å². The molecule has 1 N–H and O–H groups in total. The van der Waals surface area contributed by atoms with Gasteiger partial charge in [0.05, 0.1) is 6.54 Å². The van der Waals surface area contributed by atoms with E-state index in [-0.39, 0.29) is 5.56 Å². The Morgan fingerprint density at radius 3 is 2.44 bits per heavy atom. The topological polar surface area (TPSA) is 54.9 Å². The molecule has 0 amide bonds. The van der Waals surface area contributed by atoms with Crippen LogP contribution in [-0.4, -0.2) is 9.55 Å². The largest absolute Gasteiger partial charge is 0.328 e. The van der Waals surface area contributed by atoms with E-state index in [2.05, 4.69) is 20.9 Å². The highest BCUT2D eigenvalue weighted by atomic mass is 79.9. The third-order valence-electron chi connectivity index (χ3n) is 2.16. The molecule has 5 heteroatoms. The zero-order valence-electron chi connectivity index (χ0n) is 8.31. The quantitative estimate of drug-likeness (QED) is 0.903. The fourth-order valence-electron chi connectivity index (χ4n) is 1.36. The Morgan fingerprint density at radius 2 is 1.81 bits per heavy atom. The first kappa shape index (κ1) is 10.9. The molecule has 1 aromatic carbocycles. The first-order valence-electron chi connectivity index (χ1n) is 4.69. The molecule has 0 fully saturated rings. The monoisotopic (exact) mass is 280 g/mol. The molecular weight excluding hydrogens is 272 g/mol. The van der Waals surface area contributed by atoms with Crippen molar-refractivity contribution in [3.05, 3.63) is 67.4 Å². The summed E-state index contributed by atoms with van der Waals surface area (Å²) in [6.07, 6.45) is 1.49. The smallest absolute Gasteiger partial charge is 0.296 e. The number of halogens is 1. The maximum atomic E-state index is 11.4. The molecule has 82 valence electrons. The molecule has 0 spiro atoms. The Hall–Kier alpha value is -1.62. The number of aromatic nitrogens is 2. The van der Waals surface area contributed by atoms with E-state index in [0.29, 0.717) is 6.54 Å². The van der Waals surface area contributed by atoms with Crippen molar-refractivity contribution < 1.29 is 0 Å². The summed E-state index contributed by atoms with van der Waals surface area (Å²) >= 11 is 3.34. The van der Waals surface area contributed by atoms with Crippen LogP contribution in [0.2, 0.25) is 0 Å². The number of nitrogens with zero attached hydrogens (tertiary/aromatic N) is 1. The molecule has 0 atom stereocenters. The van der Waals surface area contributed by atoms with Crippen molar-refractivity contribution in [3.8, 4) is 0 Å². The van der Waals surface area contributed by atoms with E-state index in [9.17, 15) is 9.59 Å². The van der Waals surface area contributed by atoms with Gasteiger partial charge in [0.2, 0.25) is 0 Å². The third kappa shape index (κ3) is 2.49. The molecule has 1 aromatic heterocycles. The highest BCUT2D eigenvalue weighted by Gasteiger charge is 1.98. The van der Waals surface area contributed by atoms with Crippen LogP contribution < -0.4 is 11.2 Å². The molecular formula is C11H9BrN2O2. The molecule has 0 aliphatic heterocycles. The van der Waals surface area contributed by atoms with Crippen molar-refractivity contribution in [2.45, 2.75) is 6.54 Å². The molecule has 0 bridgehead atoms. The molecule has 2 aromatic rings. The Labute approximate surface area is 99.7 Å². The molecule has 1 heterocycles. The van der Waals surface area contributed by atoms with Gasteiger partial charge in [-0.2, -0.15) is 0 Å². The van der Waals surface area contributed by atoms with E-state index in [4.69, 9.17) is 0 Å². The van der Waals surface area contributed by atoms with Crippen LogP contribution in [0.25, 0.3) is 0 Å². The molecule has 0 unspecified atom stereocenters. The van der Waals surface area contributed by atoms with Crippen LogP contribution in [0.5, 0.6) is 0 Å². The van der Waals surface area contributed by atoms with Gasteiger partial charge in [-0.15, -0.1) is 0 Å². The normalized spacial score (nSPS) is 10.3. The van der Waals surface area contributed by atoms with Gasteiger partial charge in [-0.25, -0.2) is 4.79 Å². The molecule has 16 heavy (non-hydrogen) atoms. The van der Waals surface area contributed by atoms with E-state index in [1.54, 1.807) is 0 Å². The van der Waals surface area contributed by atoms with Crippen LogP contribution in [0.15, 0.2) is 50.6 Å². The SMILES string of the molecule is O=c1ccn(Cc2ccc(Br)cc2)c(=O)[nH]1. The fraction of sp³-hybridized carbons (Fsp3) is 0.0909. The lowest BCUT2D eigenvalue weighted by molar-refractivity contribution is 0.720. The summed E-state index contributed by atoms with van der Waals surface area (Å²) in [5.74, 6) is 0. The van der Waals surface area contributed by atoms with Gasteiger partial charge < -0.3 is 0 Å². The summed E-state index contributed by atoms with van der Waals surface area (Å²) < 4.78 is 2.44. The van der Waals surface area contributed by atoms with E-state index < -0.39 is 5.69 Å². The van der Waals surface area contributed by atoms with Crippen molar-refractivity contribution in [1.29, 1.82) is 0 Å². The molecule has 0 radical (unpaired) electrons. The molecule has 0 aliphatic rings. The van der Waals surface area contributed by atoms with Gasteiger partial charge in [-0.3, -0.25) is 14.3 Å². The molecule has 0 saturated carbocycles. The predicted octanol–water partition coefficient (Wildman–Crippen LogP) is 1.35. The van der Waals surface area contributed by atoms with Crippen molar-refractivity contribution in [1.82, 2.24) is 9.55 Å². The van der Waals surface area contributed by atoms with E-state index in [0.717, 1.165) is 10.0 Å². The summed E-state index contributed by atoms with van der Waals surface area (Å²) in [7, 11) is 0. The van der Waals surface area contributed by atoms with Gasteiger partial charge in [-0.05, 0) is 17.7 Å². The highest BCUT2D eigenvalue weighted by Crippen LogP contribution is 2.10. The summed E-state index contributed by atoms with van der Waals surface area (Å²) in [6.45, 7) is 0.447. The summed E-state index contributed by atoms with van der Waals surface area (Å²) in [5.41, 5.74) is 0.227. The van der Waals surface area contributed by atoms with Gasteiger partial charge in [0.1, 0.15) is 0 Å².